The van der Waals surface area contributed by atoms with Crippen LogP contribution in [0.3, 0.4) is 0 Å². The van der Waals surface area contributed by atoms with E-state index in [1.165, 1.54) is 10.8 Å². The van der Waals surface area contributed by atoms with Gasteiger partial charge in [-0.1, -0.05) is 30.3 Å². The SMILES string of the molecule is Nc1nc(N)nc(CCNc2ccc3ccccc3c2)n1.O=c1[nH]c(=O)[nH]c(=O)[nH]1. The first-order chi connectivity index (χ1) is 14.4. The summed E-state index contributed by atoms with van der Waals surface area (Å²) < 4.78 is 0. The third-order valence-electron chi connectivity index (χ3n) is 3.82. The van der Waals surface area contributed by atoms with Crippen LogP contribution in [0.5, 0.6) is 0 Å². The summed E-state index contributed by atoms with van der Waals surface area (Å²) in [6.07, 6.45) is 0.629. The van der Waals surface area contributed by atoms with Gasteiger partial charge in [-0.05, 0) is 22.9 Å². The highest BCUT2D eigenvalue weighted by molar-refractivity contribution is 5.85. The van der Waals surface area contributed by atoms with Gasteiger partial charge in [0.05, 0.1) is 0 Å². The molecule has 4 rings (SSSR count). The van der Waals surface area contributed by atoms with Gasteiger partial charge in [0.25, 0.3) is 0 Å². The van der Waals surface area contributed by atoms with Crippen LogP contribution >= 0.6 is 0 Å². The lowest BCUT2D eigenvalue weighted by atomic mass is 10.1. The molecule has 0 saturated heterocycles. The number of nitrogen functional groups attached to an aromatic ring is 2. The topological polar surface area (TPSA) is 201 Å². The fourth-order valence-electron chi connectivity index (χ4n) is 2.59. The second kappa shape index (κ2) is 9.14. The van der Waals surface area contributed by atoms with Crippen molar-refractivity contribution in [2.24, 2.45) is 0 Å². The molecule has 0 aliphatic heterocycles. The van der Waals surface area contributed by atoms with Crippen LogP contribution in [0.4, 0.5) is 17.6 Å². The number of aromatic amines is 3. The van der Waals surface area contributed by atoms with Gasteiger partial charge in [0.15, 0.2) is 0 Å². The van der Waals surface area contributed by atoms with Gasteiger partial charge in [-0.15, -0.1) is 0 Å². The molecule has 2 heterocycles. The zero-order valence-electron chi connectivity index (χ0n) is 15.7. The van der Waals surface area contributed by atoms with Crippen LogP contribution in [0.1, 0.15) is 5.82 Å². The Bertz CT molecular complexity index is 1230. The van der Waals surface area contributed by atoms with Gasteiger partial charge in [-0.2, -0.15) is 15.0 Å². The minimum Gasteiger partial charge on any atom is -0.385 e. The first-order valence-corrected chi connectivity index (χ1v) is 8.80. The van der Waals surface area contributed by atoms with E-state index in [0.29, 0.717) is 18.8 Å². The summed E-state index contributed by atoms with van der Waals surface area (Å²) in [7, 11) is 0. The number of benzene rings is 2. The number of aromatic nitrogens is 6. The number of anilines is 3. The Morgan fingerprint density at radius 2 is 1.33 bits per heavy atom. The third-order valence-corrected chi connectivity index (χ3v) is 3.82. The average molecular weight is 409 g/mol. The molecule has 0 spiro atoms. The largest absolute Gasteiger partial charge is 0.385 e. The molecule has 0 fully saturated rings. The van der Waals surface area contributed by atoms with E-state index < -0.39 is 17.1 Å². The molecule has 2 aromatic heterocycles. The molecule has 0 aliphatic carbocycles. The van der Waals surface area contributed by atoms with Crippen LogP contribution in [0, 0.1) is 0 Å². The minimum absolute atomic E-state index is 0.156. The van der Waals surface area contributed by atoms with E-state index in [2.05, 4.69) is 50.6 Å². The molecule has 0 radical (unpaired) electrons. The van der Waals surface area contributed by atoms with E-state index in [1.54, 1.807) is 15.0 Å². The standard InChI is InChI=1S/C15H16N6.C3H3N3O3/c16-14-19-13(20-15(17)21-14)7-8-18-12-6-5-10-3-1-2-4-11(10)9-12;7-1-4-2(8)6-3(9)5-1/h1-6,9,18H,7-8H2,(H4,16,17,19,20,21);(H3,4,5,6,7,8,9). The highest BCUT2D eigenvalue weighted by atomic mass is 16.2. The molecule has 12 nitrogen and oxygen atoms in total. The summed E-state index contributed by atoms with van der Waals surface area (Å²) in [4.78, 5) is 47.8. The van der Waals surface area contributed by atoms with E-state index >= 15 is 0 Å². The fraction of sp³-hybridized carbons (Fsp3) is 0.111. The average Bonchev–Trinajstić information content (AvgIpc) is 2.66. The third kappa shape index (κ3) is 5.76. The van der Waals surface area contributed by atoms with Crippen LogP contribution in [-0.4, -0.2) is 36.4 Å². The number of H-pyrrole nitrogens is 3. The van der Waals surface area contributed by atoms with E-state index in [1.807, 2.05) is 12.1 Å². The number of nitrogens with one attached hydrogen (secondary N) is 4. The maximum Gasteiger partial charge on any atom is 0.330 e. The molecular formula is C18H19N9O3. The Hall–Kier alpha value is -4.48. The Balaban J connectivity index is 0.000000239. The molecule has 0 amide bonds. The normalized spacial score (nSPS) is 10.3. The van der Waals surface area contributed by atoms with Gasteiger partial charge in [0.2, 0.25) is 11.9 Å². The van der Waals surface area contributed by atoms with Gasteiger partial charge in [-0.25, -0.2) is 14.4 Å². The summed E-state index contributed by atoms with van der Waals surface area (Å²) in [6.45, 7) is 0.696. The molecule has 8 N–H and O–H groups in total. The summed E-state index contributed by atoms with van der Waals surface area (Å²) in [5, 5.41) is 5.77. The number of nitrogens with zero attached hydrogens (tertiary/aromatic N) is 3. The van der Waals surface area contributed by atoms with Crippen LogP contribution < -0.4 is 33.9 Å². The molecule has 30 heavy (non-hydrogen) atoms. The first kappa shape index (κ1) is 20.3. The van der Waals surface area contributed by atoms with Crippen molar-refractivity contribution in [1.82, 2.24) is 29.9 Å². The molecule has 4 aromatic rings. The van der Waals surface area contributed by atoms with Gasteiger partial charge < -0.3 is 16.8 Å². The van der Waals surface area contributed by atoms with Crippen LogP contribution in [0.25, 0.3) is 10.8 Å². The number of rotatable bonds is 4. The van der Waals surface area contributed by atoms with E-state index in [9.17, 15) is 14.4 Å². The summed E-state index contributed by atoms with van der Waals surface area (Å²) >= 11 is 0. The van der Waals surface area contributed by atoms with Crippen molar-refractivity contribution in [3.05, 3.63) is 79.7 Å². The molecule has 0 saturated carbocycles. The molecular weight excluding hydrogens is 390 g/mol. The van der Waals surface area contributed by atoms with Crippen molar-refractivity contribution in [3.8, 4) is 0 Å². The lowest BCUT2D eigenvalue weighted by Crippen LogP contribution is -2.34. The van der Waals surface area contributed by atoms with Crippen molar-refractivity contribution >= 4 is 28.4 Å². The maximum absolute atomic E-state index is 10.2. The summed E-state index contributed by atoms with van der Waals surface area (Å²) in [5.74, 6) is 0.902. The van der Waals surface area contributed by atoms with Crippen LogP contribution in [-0.2, 0) is 6.42 Å². The van der Waals surface area contributed by atoms with Gasteiger partial charge >= 0.3 is 17.1 Å². The van der Waals surface area contributed by atoms with Crippen molar-refractivity contribution in [3.63, 3.8) is 0 Å². The highest BCUT2D eigenvalue weighted by Crippen LogP contribution is 2.18. The lowest BCUT2D eigenvalue weighted by Gasteiger charge is -2.07. The summed E-state index contributed by atoms with van der Waals surface area (Å²) in [6, 6.07) is 14.5. The van der Waals surface area contributed by atoms with Gasteiger partial charge in [0.1, 0.15) is 5.82 Å². The molecule has 154 valence electrons. The van der Waals surface area contributed by atoms with Crippen LogP contribution in [0.2, 0.25) is 0 Å². The zero-order chi connectivity index (χ0) is 21.5. The lowest BCUT2D eigenvalue weighted by molar-refractivity contribution is 0.879. The smallest absolute Gasteiger partial charge is 0.330 e. The maximum atomic E-state index is 10.2. The Morgan fingerprint density at radius 3 is 1.93 bits per heavy atom. The molecule has 2 aromatic carbocycles. The fourth-order valence-corrected chi connectivity index (χ4v) is 2.59. The first-order valence-electron chi connectivity index (χ1n) is 8.80. The van der Waals surface area contributed by atoms with Crippen LogP contribution in [0.15, 0.2) is 56.8 Å². The number of fused-ring (bicyclic) bond motifs is 1. The molecule has 0 unspecified atom stereocenters. The minimum atomic E-state index is -0.802. The quantitative estimate of drug-likeness (QED) is 0.259. The van der Waals surface area contributed by atoms with E-state index in [-0.39, 0.29) is 11.9 Å². The highest BCUT2D eigenvalue weighted by Gasteiger charge is 2.02. The number of hydrogen-bond donors (Lipinski definition) is 6. The zero-order valence-corrected chi connectivity index (χ0v) is 15.7. The monoisotopic (exact) mass is 409 g/mol. The predicted molar refractivity (Wildman–Crippen MR) is 113 cm³/mol. The van der Waals surface area contributed by atoms with Crippen molar-refractivity contribution in [2.45, 2.75) is 6.42 Å². The molecule has 12 heteroatoms. The van der Waals surface area contributed by atoms with Gasteiger partial charge in [0, 0.05) is 18.7 Å². The number of hydrogen-bond acceptors (Lipinski definition) is 9. The van der Waals surface area contributed by atoms with Crippen molar-refractivity contribution in [1.29, 1.82) is 0 Å². The molecule has 0 atom stereocenters. The number of nitrogens with two attached hydrogens (primary N) is 2. The second-order valence-electron chi connectivity index (χ2n) is 6.07. The Kier molecular flexibility index (Phi) is 6.17. The van der Waals surface area contributed by atoms with Crippen molar-refractivity contribution in [2.75, 3.05) is 23.3 Å². The van der Waals surface area contributed by atoms with Gasteiger partial charge in [-0.3, -0.25) is 15.0 Å². The molecule has 0 aliphatic rings. The Labute approximate surface area is 168 Å². The molecule has 0 bridgehead atoms. The predicted octanol–water partition coefficient (Wildman–Crippen LogP) is -0.405. The second-order valence-corrected chi connectivity index (χ2v) is 6.07. The van der Waals surface area contributed by atoms with E-state index in [4.69, 9.17) is 11.5 Å². The van der Waals surface area contributed by atoms with Crippen molar-refractivity contribution < 1.29 is 0 Å². The Morgan fingerprint density at radius 1 is 0.767 bits per heavy atom. The van der Waals surface area contributed by atoms with E-state index in [0.717, 1.165) is 5.69 Å². The summed E-state index contributed by atoms with van der Waals surface area (Å²) in [5.41, 5.74) is 9.74.